The number of carbonyl (C=O) groups is 2. The average Bonchev–Trinajstić information content (AvgIpc) is 2.04. The first-order valence-corrected chi connectivity index (χ1v) is 3.36. The van der Waals surface area contributed by atoms with E-state index in [4.69, 9.17) is 5.26 Å². The van der Waals surface area contributed by atoms with E-state index in [1.165, 1.54) is 19.2 Å². The molecule has 1 rings (SSSR count). The van der Waals surface area contributed by atoms with Gasteiger partial charge in [-0.05, 0) is 6.08 Å². The molecule has 0 N–H and O–H groups in total. The van der Waals surface area contributed by atoms with Gasteiger partial charge in [-0.2, -0.15) is 5.26 Å². The van der Waals surface area contributed by atoms with Crippen LogP contribution in [-0.2, 0) is 9.59 Å². The van der Waals surface area contributed by atoms with Crippen molar-refractivity contribution in [2.24, 2.45) is 10.9 Å². The van der Waals surface area contributed by atoms with Gasteiger partial charge in [-0.1, -0.05) is 0 Å². The first-order valence-electron chi connectivity index (χ1n) is 3.36. The van der Waals surface area contributed by atoms with Crippen LogP contribution in [0.15, 0.2) is 17.3 Å². The van der Waals surface area contributed by atoms with Crippen LogP contribution in [-0.4, -0.2) is 17.3 Å². The third-order valence-electron chi connectivity index (χ3n) is 1.47. The number of nitrogens with zero attached hydrogens (tertiary/aromatic N) is 2. The molecule has 0 aromatic heterocycles. The quantitative estimate of drug-likeness (QED) is 0.555. The molecule has 1 unspecified atom stereocenters. The van der Waals surface area contributed by atoms with Crippen molar-refractivity contribution >= 4 is 17.3 Å². The van der Waals surface area contributed by atoms with Crippen molar-refractivity contribution in [2.75, 3.05) is 0 Å². The Kier molecular flexibility index (Phi) is 2.15. The monoisotopic (exact) mass is 162 g/mol. The number of carbonyl (C=O) groups excluding carboxylic acids is 2. The van der Waals surface area contributed by atoms with E-state index in [-0.39, 0.29) is 5.71 Å². The molecule has 0 aromatic carbocycles. The highest BCUT2D eigenvalue weighted by Crippen LogP contribution is 2.07. The van der Waals surface area contributed by atoms with E-state index in [2.05, 4.69) is 4.99 Å². The van der Waals surface area contributed by atoms with Crippen LogP contribution in [0.25, 0.3) is 0 Å². The molecule has 0 saturated carbocycles. The van der Waals surface area contributed by atoms with Crippen LogP contribution >= 0.6 is 0 Å². The van der Waals surface area contributed by atoms with Crippen LogP contribution in [0.5, 0.6) is 0 Å². The number of hydrogen-bond acceptors (Lipinski definition) is 4. The zero-order chi connectivity index (χ0) is 9.14. The molecule has 4 heteroatoms. The molecular weight excluding hydrogens is 156 g/mol. The molecule has 0 amide bonds. The maximum atomic E-state index is 11.2. The zero-order valence-corrected chi connectivity index (χ0v) is 6.44. The molecule has 0 aromatic rings. The molecule has 0 fully saturated rings. The Hall–Kier alpha value is -1.76. The number of Topliss-reactive ketones (excluding diaryl/α,β-unsaturated/α-hetero) is 2. The minimum Gasteiger partial charge on any atom is -0.293 e. The summed E-state index contributed by atoms with van der Waals surface area (Å²) in [4.78, 5) is 25.5. The summed E-state index contributed by atoms with van der Waals surface area (Å²) in [5.41, 5.74) is -0.135. The predicted octanol–water partition coefficient (Wildman–Crippen LogP) is 0.253. The van der Waals surface area contributed by atoms with E-state index in [0.717, 1.165) is 0 Å². The van der Waals surface area contributed by atoms with Crippen molar-refractivity contribution in [3.05, 3.63) is 12.3 Å². The molecule has 0 saturated heterocycles. The van der Waals surface area contributed by atoms with Gasteiger partial charge in [-0.15, -0.1) is 0 Å². The number of ketones is 2. The molecule has 1 aliphatic heterocycles. The van der Waals surface area contributed by atoms with Crippen LogP contribution in [0.3, 0.4) is 0 Å². The van der Waals surface area contributed by atoms with Crippen molar-refractivity contribution in [1.29, 1.82) is 5.26 Å². The SMILES string of the molecule is CC(=O)C1=NC=CC(C#N)C1=O. The predicted molar refractivity (Wildman–Crippen MR) is 41.4 cm³/mol. The van der Waals surface area contributed by atoms with Crippen molar-refractivity contribution < 1.29 is 9.59 Å². The van der Waals surface area contributed by atoms with Gasteiger partial charge in [0.15, 0.2) is 11.5 Å². The molecule has 1 heterocycles. The second-order valence-electron chi connectivity index (χ2n) is 2.35. The van der Waals surface area contributed by atoms with Gasteiger partial charge in [-0.3, -0.25) is 9.59 Å². The summed E-state index contributed by atoms with van der Waals surface area (Å²) in [6, 6.07) is 1.77. The summed E-state index contributed by atoms with van der Waals surface area (Å²) in [6.07, 6.45) is 2.68. The first-order chi connectivity index (χ1) is 5.66. The highest BCUT2D eigenvalue weighted by atomic mass is 16.1. The smallest absolute Gasteiger partial charge is 0.205 e. The van der Waals surface area contributed by atoms with E-state index in [1.54, 1.807) is 6.07 Å². The second kappa shape index (κ2) is 3.09. The Bertz CT molecular complexity index is 333. The third-order valence-corrected chi connectivity index (χ3v) is 1.47. The molecule has 12 heavy (non-hydrogen) atoms. The zero-order valence-electron chi connectivity index (χ0n) is 6.44. The molecule has 0 radical (unpaired) electrons. The fourth-order valence-corrected chi connectivity index (χ4v) is 0.868. The van der Waals surface area contributed by atoms with Crippen LogP contribution in [0, 0.1) is 17.2 Å². The molecule has 0 spiro atoms. The topological polar surface area (TPSA) is 70.3 Å². The van der Waals surface area contributed by atoms with Gasteiger partial charge < -0.3 is 0 Å². The van der Waals surface area contributed by atoms with Gasteiger partial charge in [0.05, 0.1) is 6.07 Å². The number of hydrogen-bond donors (Lipinski definition) is 0. The Morgan fingerprint density at radius 3 is 2.92 bits per heavy atom. The van der Waals surface area contributed by atoms with E-state index in [1.807, 2.05) is 0 Å². The largest absolute Gasteiger partial charge is 0.293 e. The minimum atomic E-state index is -0.846. The fraction of sp³-hybridized carbons (Fsp3) is 0.250. The summed E-state index contributed by atoms with van der Waals surface area (Å²) in [6.45, 7) is 1.25. The molecule has 0 bridgehead atoms. The lowest BCUT2D eigenvalue weighted by Crippen LogP contribution is -2.29. The number of aliphatic imine (C=N–C) groups is 1. The van der Waals surface area contributed by atoms with Crippen molar-refractivity contribution in [2.45, 2.75) is 6.92 Å². The first kappa shape index (κ1) is 8.34. The molecule has 4 nitrogen and oxygen atoms in total. The lowest BCUT2D eigenvalue weighted by molar-refractivity contribution is -0.116. The van der Waals surface area contributed by atoms with Gasteiger partial charge in [0.25, 0.3) is 0 Å². The van der Waals surface area contributed by atoms with E-state index in [0.29, 0.717) is 0 Å². The summed E-state index contributed by atoms with van der Waals surface area (Å²) in [7, 11) is 0. The van der Waals surface area contributed by atoms with Crippen LogP contribution in [0.4, 0.5) is 0 Å². The van der Waals surface area contributed by atoms with Crippen molar-refractivity contribution in [3.63, 3.8) is 0 Å². The van der Waals surface area contributed by atoms with E-state index < -0.39 is 17.5 Å². The highest BCUT2D eigenvalue weighted by Gasteiger charge is 2.25. The Balaban J connectivity index is 3.01. The molecule has 0 aliphatic carbocycles. The molecular formula is C8H6N2O2. The normalized spacial score (nSPS) is 21.5. The summed E-state index contributed by atoms with van der Waals surface area (Å²) in [5, 5.41) is 8.47. The van der Waals surface area contributed by atoms with Gasteiger partial charge in [0.1, 0.15) is 5.92 Å². The Morgan fingerprint density at radius 1 is 1.75 bits per heavy atom. The highest BCUT2D eigenvalue weighted by molar-refractivity contribution is 6.66. The van der Waals surface area contributed by atoms with E-state index >= 15 is 0 Å². The van der Waals surface area contributed by atoms with Crippen LogP contribution in [0.2, 0.25) is 0 Å². The van der Waals surface area contributed by atoms with Gasteiger partial charge in [0, 0.05) is 13.1 Å². The number of allylic oxidation sites excluding steroid dienone is 1. The summed E-state index contributed by atoms with van der Waals surface area (Å²) >= 11 is 0. The van der Waals surface area contributed by atoms with Crippen molar-refractivity contribution in [1.82, 2.24) is 0 Å². The fourth-order valence-electron chi connectivity index (χ4n) is 0.868. The third kappa shape index (κ3) is 1.30. The standard InChI is InChI=1S/C8H6N2O2/c1-5(11)7-8(12)6(4-9)2-3-10-7/h2-3,6H,1H3. The van der Waals surface area contributed by atoms with Gasteiger partial charge in [0.2, 0.25) is 5.78 Å². The Morgan fingerprint density at radius 2 is 2.42 bits per heavy atom. The number of nitriles is 1. The van der Waals surface area contributed by atoms with Gasteiger partial charge >= 0.3 is 0 Å². The summed E-state index contributed by atoms with van der Waals surface area (Å²) in [5.74, 6) is -1.75. The Labute approximate surface area is 69.2 Å². The molecule has 1 atom stereocenters. The van der Waals surface area contributed by atoms with Crippen molar-refractivity contribution in [3.8, 4) is 6.07 Å². The minimum absolute atomic E-state index is 0.135. The molecule has 60 valence electrons. The van der Waals surface area contributed by atoms with Crippen LogP contribution < -0.4 is 0 Å². The number of rotatable bonds is 1. The maximum Gasteiger partial charge on any atom is 0.205 e. The lowest BCUT2D eigenvalue weighted by Gasteiger charge is -2.06. The second-order valence-corrected chi connectivity index (χ2v) is 2.35. The summed E-state index contributed by atoms with van der Waals surface area (Å²) < 4.78 is 0. The van der Waals surface area contributed by atoms with E-state index in [9.17, 15) is 9.59 Å². The maximum absolute atomic E-state index is 11.2. The molecule has 1 aliphatic rings. The average molecular weight is 162 g/mol. The lowest BCUT2D eigenvalue weighted by atomic mass is 9.98. The van der Waals surface area contributed by atoms with Gasteiger partial charge in [-0.25, -0.2) is 4.99 Å². The van der Waals surface area contributed by atoms with Crippen LogP contribution in [0.1, 0.15) is 6.92 Å².